The highest BCUT2D eigenvalue weighted by molar-refractivity contribution is 5.73. The van der Waals surface area contributed by atoms with E-state index in [0.29, 0.717) is 5.92 Å². The first-order valence-electron chi connectivity index (χ1n) is 12.4. The van der Waals surface area contributed by atoms with Crippen molar-refractivity contribution >= 4 is 6.03 Å². The van der Waals surface area contributed by atoms with Crippen LogP contribution in [0.4, 0.5) is 4.79 Å². The van der Waals surface area contributed by atoms with Crippen molar-refractivity contribution in [3.63, 3.8) is 0 Å². The first kappa shape index (κ1) is 24.2. The molecule has 2 atom stereocenters. The van der Waals surface area contributed by atoms with E-state index >= 15 is 0 Å². The maximum Gasteiger partial charge on any atom is 0.341 e. The second-order valence-corrected chi connectivity index (χ2v) is 9.22. The highest BCUT2D eigenvalue weighted by Crippen LogP contribution is 2.29. The third-order valence-electron chi connectivity index (χ3n) is 6.71. The molecule has 1 aliphatic carbocycles. The van der Waals surface area contributed by atoms with Crippen molar-refractivity contribution in [3.05, 3.63) is 66.0 Å². The lowest BCUT2D eigenvalue weighted by molar-refractivity contribution is -0.0765. The first-order valence-corrected chi connectivity index (χ1v) is 12.4. The monoisotopic (exact) mass is 437 g/mol. The van der Waals surface area contributed by atoms with Crippen LogP contribution < -0.4 is 5.32 Å². The van der Waals surface area contributed by atoms with Gasteiger partial charge in [0.05, 0.1) is 6.04 Å². The number of aromatic nitrogens is 1. The van der Waals surface area contributed by atoms with Crippen LogP contribution in [0.15, 0.2) is 54.9 Å². The van der Waals surface area contributed by atoms with Gasteiger partial charge >= 0.3 is 6.03 Å². The van der Waals surface area contributed by atoms with E-state index in [4.69, 9.17) is 0 Å². The van der Waals surface area contributed by atoms with Gasteiger partial charge in [-0.05, 0) is 49.8 Å². The molecule has 0 radical (unpaired) electrons. The minimum absolute atomic E-state index is 0.161. The average molecular weight is 438 g/mol. The average Bonchev–Trinajstić information content (AvgIpc) is 2.84. The SMILES string of the molecule is CC(CCCCCCC(c1ccccc1)c1cccnc1)N(O)C(=O)NC1CCCCC1. The summed E-state index contributed by atoms with van der Waals surface area (Å²) in [6.45, 7) is 1.92. The minimum Gasteiger partial charge on any atom is -0.333 e. The van der Waals surface area contributed by atoms with E-state index in [-0.39, 0.29) is 18.1 Å². The fourth-order valence-corrected chi connectivity index (χ4v) is 4.75. The predicted molar refractivity (Wildman–Crippen MR) is 129 cm³/mol. The zero-order valence-electron chi connectivity index (χ0n) is 19.5. The Hall–Kier alpha value is -2.40. The molecule has 1 heterocycles. The maximum absolute atomic E-state index is 12.3. The number of unbranched alkanes of at least 4 members (excludes halogenated alkanes) is 3. The van der Waals surface area contributed by atoms with Gasteiger partial charge in [-0.1, -0.05) is 81.3 Å². The van der Waals surface area contributed by atoms with E-state index in [2.05, 4.69) is 46.7 Å². The van der Waals surface area contributed by atoms with E-state index in [0.717, 1.165) is 69.3 Å². The molecule has 1 saturated carbocycles. The van der Waals surface area contributed by atoms with Crippen LogP contribution in [0, 0.1) is 0 Å². The van der Waals surface area contributed by atoms with Crippen LogP contribution in [0.3, 0.4) is 0 Å². The van der Waals surface area contributed by atoms with Crippen LogP contribution in [0.2, 0.25) is 0 Å². The number of hydrogen-bond acceptors (Lipinski definition) is 3. The molecule has 2 aromatic rings. The number of carbonyl (C=O) groups is 1. The third kappa shape index (κ3) is 7.63. The normalized spacial score (nSPS) is 16.3. The molecule has 1 aromatic carbocycles. The summed E-state index contributed by atoms with van der Waals surface area (Å²) in [4.78, 5) is 16.6. The molecule has 5 heteroatoms. The predicted octanol–water partition coefficient (Wildman–Crippen LogP) is 6.68. The van der Waals surface area contributed by atoms with Crippen LogP contribution in [0.25, 0.3) is 0 Å². The summed E-state index contributed by atoms with van der Waals surface area (Å²) in [6.07, 6.45) is 15.8. The molecule has 32 heavy (non-hydrogen) atoms. The summed E-state index contributed by atoms with van der Waals surface area (Å²) >= 11 is 0. The summed E-state index contributed by atoms with van der Waals surface area (Å²) in [5, 5.41) is 14.2. The summed E-state index contributed by atoms with van der Waals surface area (Å²) in [7, 11) is 0. The molecule has 3 rings (SSSR count). The van der Waals surface area contributed by atoms with Gasteiger partial charge in [0.25, 0.3) is 0 Å². The third-order valence-corrected chi connectivity index (χ3v) is 6.71. The Kier molecular flexibility index (Phi) is 10.0. The number of amides is 2. The van der Waals surface area contributed by atoms with Crippen LogP contribution in [0.5, 0.6) is 0 Å². The van der Waals surface area contributed by atoms with Crippen molar-refractivity contribution in [2.75, 3.05) is 0 Å². The van der Waals surface area contributed by atoms with Crippen molar-refractivity contribution < 1.29 is 10.0 Å². The summed E-state index contributed by atoms with van der Waals surface area (Å²) < 4.78 is 0. The fourth-order valence-electron chi connectivity index (χ4n) is 4.75. The number of urea groups is 1. The van der Waals surface area contributed by atoms with E-state index in [9.17, 15) is 10.0 Å². The van der Waals surface area contributed by atoms with E-state index in [1.807, 2.05) is 25.4 Å². The molecule has 0 aliphatic heterocycles. The highest BCUT2D eigenvalue weighted by Gasteiger charge is 2.22. The van der Waals surface area contributed by atoms with Crippen LogP contribution in [0.1, 0.15) is 94.6 Å². The van der Waals surface area contributed by atoms with Crippen molar-refractivity contribution in [2.24, 2.45) is 0 Å². The van der Waals surface area contributed by atoms with Gasteiger partial charge < -0.3 is 5.32 Å². The van der Waals surface area contributed by atoms with E-state index < -0.39 is 0 Å². The first-order chi connectivity index (χ1) is 15.6. The van der Waals surface area contributed by atoms with Gasteiger partial charge in [0.15, 0.2) is 0 Å². The van der Waals surface area contributed by atoms with Gasteiger partial charge in [0.2, 0.25) is 0 Å². The molecule has 2 N–H and O–H groups in total. The molecule has 0 spiro atoms. The molecule has 1 fully saturated rings. The highest BCUT2D eigenvalue weighted by atomic mass is 16.5. The Balaban J connectivity index is 1.36. The molecular formula is C27H39N3O2. The Labute approximate surface area is 193 Å². The summed E-state index contributed by atoms with van der Waals surface area (Å²) in [6, 6.07) is 14.6. The Morgan fingerprint density at radius 1 is 1.00 bits per heavy atom. The standard InChI is InChI=1S/C27H39N3O2/c1-22(30(32)27(31)29-25-17-9-5-10-18-25)13-6-2-3-11-19-26(23-14-7-4-8-15-23)24-16-12-20-28-21-24/h4,7-8,12,14-16,20-22,25-26,32H,2-3,5-6,9-11,13,17-19H2,1H3,(H,29,31). The number of pyridine rings is 1. The van der Waals surface area contributed by atoms with E-state index in [1.54, 1.807) is 0 Å². The molecular weight excluding hydrogens is 398 g/mol. The van der Waals surface area contributed by atoms with E-state index in [1.165, 1.54) is 17.5 Å². The maximum atomic E-state index is 12.3. The molecule has 5 nitrogen and oxygen atoms in total. The molecule has 1 aromatic heterocycles. The zero-order chi connectivity index (χ0) is 22.6. The molecule has 174 valence electrons. The van der Waals surface area contributed by atoms with Gasteiger partial charge in [-0.25, -0.2) is 9.86 Å². The van der Waals surface area contributed by atoms with Crippen molar-refractivity contribution in [1.82, 2.24) is 15.4 Å². The minimum atomic E-state index is -0.341. The van der Waals surface area contributed by atoms with Crippen LogP contribution >= 0.6 is 0 Å². The molecule has 0 saturated heterocycles. The van der Waals surface area contributed by atoms with Gasteiger partial charge in [-0.3, -0.25) is 10.2 Å². The number of nitrogens with one attached hydrogen (secondary N) is 1. The van der Waals surface area contributed by atoms with Crippen molar-refractivity contribution in [3.8, 4) is 0 Å². The number of nitrogens with zero attached hydrogens (tertiary/aromatic N) is 2. The Morgan fingerprint density at radius 2 is 1.69 bits per heavy atom. The fraction of sp³-hybridized carbons (Fsp3) is 0.556. The van der Waals surface area contributed by atoms with Crippen LogP contribution in [-0.4, -0.2) is 33.4 Å². The number of hydroxylamine groups is 2. The number of carbonyl (C=O) groups excluding carboxylic acids is 1. The quantitative estimate of drug-likeness (QED) is 0.234. The second-order valence-electron chi connectivity index (χ2n) is 9.22. The molecule has 1 aliphatic rings. The smallest absolute Gasteiger partial charge is 0.333 e. The lowest BCUT2D eigenvalue weighted by Gasteiger charge is -2.28. The summed E-state index contributed by atoms with van der Waals surface area (Å²) in [5.41, 5.74) is 2.61. The largest absolute Gasteiger partial charge is 0.341 e. The topological polar surface area (TPSA) is 65.5 Å². The van der Waals surface area contributed by atoms with Gasteiger partial charge in [-0.2, -0.15) is 0 Å². The Bertz CT molecular complexity index is 739. The van der Waals surface area contributed by atoms with Crippen molar-refractivity contribution in [1.29, 1.82) is 0 Å². The van der Waals surface area contributed by atoms with Gasteiger partial charge in [-0.15, -0.1) is 0 Å². The van der Waals surface area contributed by atoms with Crippen LogP contribution in [-0.2, 0) is 0 Å². The second kappa shape index (κ2) is 13.2. The lowest BCUT2D eigenvalue weighted by atomic mass is 9.87. The molecule has 0 bridgehead atoms. The number of hydrogen-bond donors (Lipinski definition) is 2. The number of rotatable bonds is 11. The molecule has 2 unspecified atom stereocenters. The van der Waals surface area contributed by atoms with Gasteiger partial charge in [0, 0.05) is 24.4 Å². The number of benzene rings is 1. The van der Waals surface area contributed by atoms with Gasteiger partial charge in [0.1, 0.15) is 0 Å². The molecule has 2 amide bonds. The van der Waals surface area contributed by atoms with Crippen molar-refractivity contribution in [2.45, 2.75) is 95.6 Å². The Morgan fingerprint density at radius 3 is 2.38 bits per heavy atom. The summed E-state index contributed by atoms with van der Waals surface area (Å²) in [5.74, 6) is 0.375. The zero-order valence-corrected chi connectivity index (χ0v) is 19.5. The lowest BCUT2D eigenvalue weighted by Crippen LogP contribution is -2.47.